The minimum atomic E-state index is -0.0917. The van der Waals surface area contributed by atoms with Crippen LogP contribution in [0.5, 0.6) is 5.75 Å². The Hall–Kier alpha value is -1.74. The minimum Gasteiger partial charge on any atom is -0.487 e. The van der Waals surface area contributed by atoms with E-state index in [1.165, 1.54) is 11.1 Å². The van der Waals surface area contributed by atoms with Gasteiger partial charge in [-0.3, -0.25) is 0 Å². The topological polar surface area (TPSA) is 34.1 Å². The fourth-order valence-electron chi connectivity index (χ4n) is 2.63. The van der Waals surface area contributed by atoms with Gasteiger partial charge in [0.1, 0.15) is 16.5 Å². The Balaban J connectivity index is 1.71. The summed E-state index contributed by atoms with van der Waals surface area (Å²) >= 11 is 5.94. The van der Waals surface area contributed by atoms with E-state index in [0.717, 1.165) is 30.0 Å². The lowest BCUT2D eigenvalue weighted by Gasteiger charge is -2.16. The molecule has 0 spiro atoms. The Morgan fingerprint density at radius 1 is 1.33 bits per heavy atom. The fraction of sp³-hybridized carbons (Fsp3) is 0.353. The zero-order valence-electron chi connectivity index (χ0n) is 12.5. The minimum absolute atomic E-state index is 0.0917. The molecule has 1 aromatic carbocycles. The maximum absolute atomic E-state index is 5.94. The maximum Gasteiger partial charge on any atom is 0.132 e. The third-order valence-electron chi connectivity index (χ3n) is 3.64. The van der Waals surface area contributed by atoms with E-state index in [1.54, 1.807) is 6.20 Å². The standard InChI is InChI=1S/C17H19ClN2O/c1-11-6-14(10-20-16(11)18)19-9-12-4-5-15-13(7-12)8-17(2,3)21-15/h4-7,10,19H,8-9H2,1-3H3. The van der Waals surface area contributed by atoms with Crippen molar-refractivity contribution in [1.29, 1.82) is 0 Å². The van der Waals surface area contributed by atoms with Gasteiger partial charge in [0.25, 0.3) is 0 Å². The van der Waals surface area contributed by atoms with Gasteiger partial charge < -0.3 is 10.1 Å². The normalized spacial score (nSPS) is 15.4. The van der Waals surface area contributed by atoms with Gasteiger partial charge in [-0.15, -0.1) is 0 Å². The number of nitrogens with zero attached hydrogens (tertiary/aromatic N) is 1. The molecule has 1 aliphatic heterocycles. The van der Waals surface area contributed by atoms with Crippen molar-refractivity contribution in [3.05, 3.63) is 52.3 Å². The summed E-state index contributed by atoms with van der Waals surface area (Å²) in [6.07, 6.45) is 2.71. The van der Waals surface area contributed by atoms with Gasteiger partial charge in [-0.05, 0) is 49.6 Å². The number of ether oxygens (including phenoxy) is 1. The molecule has 0 radical (unpaired) electrons. The van der Waals surface area contributed by atoms with Crippen LogP contribution in [0.3, 0.4) is 0 Å². The van der Waals surface area contributed by atoms with Gasteiger partial charge in [-0.2, -0.15) is 0 Å². The SMILES string of the molecule is Cc1cc(NCc2ccc3c(c2)CC(C)(C)O3)cnc1Cl. The highest BCUT2D eigenvalue weighted by Gasteiger charge is 2.29. The molecular weight excluding hydrogens is 284 g/mol. The van der Waals surface area contributed by atoms with Crippen molar-refractivity contribution in [3.8, 4) is 5.75 Å². The molecule has 4 heteroatoms. The average molecular weight is 303 g/mol. The van der Waals surface area contributed by atoms with E-state index in [0.29, 0.717) is 5.15 Å². The van der Waals surface area contributed by atoms with Crippen molar-refractivity contribution in [2.24, 2.45) is 0 Å². The van der Waals surface area contributed by atoms with Crippen LogP contribution >= 0.6 is 11.6 Å². The Labute approximate surface area is 130 Å². The molecule has 2 aromatic rings. The third kappa shape index (κ3) is 3.13. The van der Waals surface area contributed by atoms with Crippen molar-refractivity contribution in [1.82, 2.24) is 4.98 Å². The number of aromatic nitrogens is 1. The Kier molecular flexibility index (Phi) is 3.54. The predicted octanol–water partition coefficient (Wildman–Crippen LogP) is 4.37. The summed E-state index contributed by atoms with van der Waals surface area (Å²) < 4.78 is 5.90. The molecule has 3 nitrogen and oxygen atoms in total. The Morgan fingerprint density at radius 3 is 2.90 bits per heavy atom. The van der Waals surface area contributed by atoms with Crippen LogP contribution in [-0.2, 0) is 13.0 Å². The summed E-state index contributed by atoms with van der Waals surface area (Å²) in [7, 11) is 0. The smallest absolute Gasteiger partial charge is 0.132 e. The number of fused-ring (bicyclic) bond motifs is 1. The zero-order chi connectivity index (χ0) is 15.0. The van der Waals surface area contributed by atoms with E-state index >= 15 is 0 Å². The van der Waals surface area contributed by atoms with Gasteiger partial charge >= 0.3 is 0 Å². The first-order chi connectivity index (χ1) is 9.93. The summed E-state index contributed by atoms with van der Waals surface area (Å²) in [6.45, 7) is 6.95. The Bertz CT molecular complexity index is 682. The molecule has 1 N–H and O–H groups in total. The van der Waals surface area contributed by atoms with Crippen LogP contribution in [0.15, 0.2) is 30.5 Å². The number of benzene rings is 1. The predicted molar refractivity (Wildman–Crippen MR) is 86.2 cm³/mol. The molecule has 1 aliphatic rings. The third-order valence-corrected chi connectivity index (χ3v) is 4.03. The second-order valence-electron chi connectivity index (χ2n) is 6.17. The fourth-order valence-corrected chi connectivity index (χ4v) is 2.74. The van der Waals surface area contributed by atoms with Crippen molar-refractivity contribution in [2.75, 3.05) is 5.32 Å². The number of aryl methyl sites for hydroxylation is 1. The van der Waals surface area contributed by atoms with E-state index in [9.17, 15) is 0 Å². The van der Waals surface area contributed by atoms with Gasteiger partial charge in [0.15, 0.2) is 0 Å². The second-order valence-corrected chi connectivity index (χ2v) is 6.52. The van der Waals surface area contributed by atoms with E-state index in [-0.39, 0.29) is 5.60 Å². The van der Waals surface area contributed by atoms with Crippen LogP contribution in [-0.4, -0.2) is 10.6 Å². The first kappa shape index (κ1) is 14.2. The lowest BCUT2D eigenvalue weighted by molar-refractivity contribution is 0.138. The van der Waals surface area contributed by atoms with E-state index in [1.807, 2.05) is 13.0 Å². The first-order valence-corrected chi connectivity index (χ1v) is 7.48. The number of halogens is 1. The van der Waals surface area contributed by atoms with Gasteiger partial charge in [-0.1, -0.05) is 23.7 Å². The number of hydrogen-bond acceptors (Lipinski definition) is 3. The molecule has 110 valence electrons. The van der Waals surface area contributed by atoms with Crippen LogP contribution in [0.1, 0.15) is 30.5 Å². The molecule has 21 heavy (non-hydrogen) atoms. The van der Waals surface area contributed by atoms with Gasteiger partial charge in [0.2, 0.25) is 0 Å². The van der Waals surface area contributed by atoms with Crippen molar-refractivity contribution in [3.63, 3.8) is 0 Å². The second kappa shape index (κ2) is 5.23. The van der Waals surface area contributed by atoms with Crippen molar-refractivity contribution >= 4 is 17.3 Å². The number of anilines is 1. The number of rotatable bonds is 3. The molecule has 3 rings (SSSR count). The highest BCUT2D eigenvalue weighted by molar-refractivity contribution is 6.30. The summed E-state index contributed by atoms with van der Waals surface area (Å²) in [4.78, 5) is 4.15. The zero-order valence-corrected chi connectivity index (χ0v) is 13.3. The first-order valence-electron chi connectivity index (χ1n) is 7.10. The van der Waals surface area contributed by atoms with Gasteiger partial charge in [0.05, 0.1) is 11.9 Å². The Morgan fingerprint density at radius 2 is 2.14 bits per heavy atom. The molecular formula is C17H19ClN2O. The molecule has 0 aliphatic carbocycles. The molecule has 0 saturated heterocycles. The quantitative estimate of drug-likeness (QED) is 0.855. The molecule has 0 saturated carbocycles. The molecule has 2 heterocycles. The van der Waals surface area contributed by atoms with E-state index in [4.69, 9.17) is 16.3 Å². The molecule has 0 bridgehead atoms. The lowest BCUT2D eigenvalue weighted by Crippen LogP contribution is -2.24. The van der Waals surface area contributed by atoms with Crippen LogP contribution in [0.4, 0.5) is 5.69 Å². The summed E-state index contributed by atoms with van der Waals surface area (Å²) in [5.41, 5.74) is 4.39. The lowest BCUT2D eigenvalue weighted by atomic mass is 10.0. The molecule has 0 unspecified atom stereocenters. The average Bonchev–Trinajstić information content (AvgIpc) is 2.73. The highest BCUT2D eigenvalue weighted by Crippen LogP contribution is 2.35. The summed E-state index contributed by atoms with van der Waals surface area (Å²) in [5.74, 6) is 1.01. The number of pyridine rings is 1. The van der Waals surface area contributed by atoms with Crippen LogP contribution in [0, 0.1) is 6.92 Å². The largest absolute Gasteiger partial charge is 0.487 e. The summed E-state index contributed by atoms with van der Waals surface area (Å²) in [6, 6.07) is 8.39. The van der Waals surface area contributed by atoms with Gasteiger partial charge in [-0.25, -0.2) is 4.98 Å². The number of hydrogen-bond donors (Lipinski definition) is 1. The van der Waals surface area contributed by atoms with Crippen LogP contribution in [0.25, 0.3) is 0 Å². The molecule has 0 atom stereocenters. The van der Waals surface area contributed by atoms with Crippen molar-refractivity contribution < 1.29 is 4.74 Å². The van der Waals surface area contributed by atoms with E-state index in [2.05, 4.69) is 42.3 Å². The van der Waals surface area contributed by atoms with Crippen LogP contribution in [0.2, 0.25) is 5.15 Å². The molecule has 1 aromatic heterocycles. The highest BCUT2D eigenvalue weighted by atomic mass is 35.5. The monoisotopic (exact) mass is 302 g/mol. The maximum atomic E-state index is 5.94. The van der Waals surface area contributed by atoms with Crippen molar-refractivity contribution in [2.45, 2.75) is 39.3 Å². The van der Waals surface area contributed by atoms with Crippen LogP contribution < -0.4 is 10.1 Å². The molecule has 0 fully saturated rings. The van der Waals surface area contributed by atoms with E-state index < -0.39 is 0 Å². The van der Waals surface area contributed by atoms with Gasteiger partial charge in [0, 0.05) is 13.0 Å². The molecule has 0 amide bonds. The number of nitrogens with one attached hydrogen (secondary N) is 1. The summed E-state index contributed by atoms with van der Waals surface area (Å²) in [5, 5.41) is 3.93.